The van der Waals surface area contributed by atoms with E-state index in [2.05, 4.69) is 117 Å². The van der Waals surface area contributed by atoms with Crippen molar-refractivity contribution >= 4 is 5.91 Å². The Morgan fingerprint density at radius 1 is 0.960 bits per heavy atom. The maximum atomic E-state index is 14.1. The van der Waals surface area contributed by atoms with Gasteiger partial charge in [-0.05, 0) is 117 Å². The zero-order chi connectivity index (χ0) is 36.2. The van der Waals surface area contributed by atoms with E-state index in [1.54, 1.807) is 12.0 Å². The van der Waals surface area contributed by atoms with Crippen molar-refractivity contribution in [2.45, 2.75) is 84.5 Å². The van der Waals surface area contributed by atoms with Crippen molar-refractivity contribution in [2.24, 2.45) is 29.1 Å². The first-order chi connectivity index (χ1) is 23.8. The Morgan fingerprint density at radius 3 is 2.12 bits per heavy atom. The summed E-state index contributed by atoms with van der Waals surface area (Å²) in [6.45, 7) is 14.1. The molecule has 50 heavy (non-hydrogen) atoms. The van der Waals surface area contributed by atoms with E-state index < -0.39 is 24.2 Å². The van der Waals surface area contributed by atoms with Crippen LogP contribution in [0.25, 0.3) is 11.1 Å². The van der Waals surface area contributed by atoms with Gasteiger partial charge in [0.25, 0.3) is 0 Å². The molecule has 6 rings (SSSR count). The number of amides is 1. The van der Waals surface area contributed by atoms with Crippen LogP contribution >= 0.6 is 0 Å². The average molecular weight is 693 g/mol. The van der Waals surface area contributed by atoms with Gasteiger partial charge in [0.1, 0.15) is 12.1 Å². The van der Waals surface area contributed by atoms with E-state index in [0.29, 0.717) is 29.7 Å². The van der Waals surface area contributed by atoms with Crippen molar-refractivity contribution in [1.82, 2.24) is 30.8 Å². The summed E-state index contributed by atoms with van der Waals surface area (Å²) in [4.78, 5) is 24.8. The highest BCUT2D eigenvalue weighted by Crippen LogP contribution is 2.61. The fourth-order valence-corrected chi connectivity index (χ4v) is 8.72. The highest BCUT2D eigenvalue weighted by Gasteiger charge is 2.57. The second-order valence-corrected chi connectivity index (χ2v) is 16.4. The first-order valence-corrected chi connectivity index (χ1v) is 18.7. The number of carbonyl (C=O) groups is 1. The van der Waals surface area contributed by atoms with Gasteiger partial charge in [-0.2, -0.15) is 5.06 Å². The minimum Gasteiger partial charge on any atom is -0.394 e. The molecule has 3 aliphatic carbocycles. The van der Waals surface area contributed by atoms with E-state index >= 15 is 0 Å². The Hall–Kier alpha value is -2.41. The lowest BCUT2D eigenvalue weighted by atomic mass is 9.45. The van der Waals surface area contributed by atoms with Crippen LogP contribution in [0.2, 0.25) is 0 Å². The largest absolute Gasteiger partial charge is 0.394 e. The molecule has 1 aliphatic heterocycles. The van der Waals surface area contributed by atoms with Gasteiger partial charge in [-0.25, -0.2) is 0 Å². The minimum absolute atomic E-state index is 0.100. The van der Waals surface area contributed by atoms with E-state index in [4.69, 9.17) is 4.84 Å². The van der Waals surface area contributed by atoms with Crippen molar-refractivity contribution in [3.05, 3.63) is 59.2 Å². The molecule has 1 heterocycles. The molecule has 0 aromatic heterocycles. The number of nitrogens with zero attached hydrogens (tertiary/aromatic N) is 3. The Morgan fingerprint density at radius 2 is 1.58 bits per heavy atom. The number of nitrogens with one attached hydrogen (secondary N) is 3. The lowest BCUT2D eigenvalue weighted by molar-refractivity contribution is -0.183. The van der Waals surface area contributed by atoms with Crippen LogP contribution in [0.1, 0.15) is 57.2 Å². The maximum Gasteiger partial charge on any atom is 0.240 e. The molecule has 1 amide bonds. The van der Waals surface area contributed by atoms with Crippen molar-refractivity contribution in [2.75, 3.05) is 61.0 Å². The van der Waals surface area contributed by atoms with Gasteiger partial charge >= 0.3 is 0 Å². The predicted molar refractivity (Wildman–Crippen MR) is 200 cm³/mol. The second-order valence-electron chi connectivity index (χ2n) is 16.4. The quantitative estimate of drug-likeness (QED) is 0.160. The zero-order valence-electron chi connectivity index (χ0n) is 31.8. The standard InChI is InChI=1S/C40H64N6O4/c1-26-34-20-33(40(34,3)4)21-35(26)43-39(49)38-37(27(2)48)36(25-47)50-46(38)24-28-10-9-11-31(17-28)32-18-29(22-41-12-14-44(5)6)16-30(19-32)23-42-13-15-45(7)8/h9-11,16-19,26-27,33-38,41-42,47-48H,12-15,20-25H2,1-8H3,(H,43,49)/t26-,27-,33-,34+,35-,36-,37-,38-/m0/s1. The Kier molecular flexibility index (Phi) is 13.2. The van der Waals surface area contributed by atoms with Crippen LogP contribution in [0, 0.1) is 29.1 Å². The summed E-state index contributed by atoms with van der Waals surface area (Å²) < 4.78 is 0. The third-order valence-corrected chi connectivity index (χ3v) is 11.8. The van der Waals surface area contributed by atoms with Crippen LogP contribution in [0.15, 0.2) is 42.5 Å². The fourth-order valence-electron chi connectivity index (χ4n) is 8.72. The van der Waals surface area contributed by atoms with Crippen molar-refractivity contribution < 1.29 is 19.8 Å². The summed E-state index contributed by atoms with van der Waals surface area (Å²) in [6, 6.07) is 14.6. The number of hydrogen-bond acceptors (Lipinski definition) is 9. The normalized spacial score (nSPS) is 28.2. The van der Waals surface area contributed by atoms with Crippen molar-refractivity contribution in [3.63, 3.8) is 0 Å². The Balaban J connectivity index is 1.34. The number of likely N-dealkylation sites (N-methyl/N-ethyl adjacent to an activating group) is 2. The molecule has 5 N–H and O–H groups in total. The zero-order valence-corrected chi connectivity index (χ0v) is 31.8. The van der Waals surface area contributed by atoms with Gasteiger partial charge in [0.05, 0.1) is 19.3 Å². The summed E-state index contributed by atoms with van der Waals surface area (Å²) >= 11 is 0. The third kappa shape index (κ3) is 9.14. The van der Waals surface area contributed by atoms with Gasteiger partial charge < -0.3 is 36.0 Å². The predicted octanol–water partition coefficient (Wildman–Crippen LogP) is 3.32. The maximum absolute atomic E-state index is 14.1. The Bertz CT molecular complexity index is 1380. The molecule has 10 heteroatoms. The summed E-state index contributed by atoms with van der Waals surface area (Å²) in [5, 5.41) is 33.4. The number of benzene rings is 2. The molecular weight excluding hydrogens is 628 g/mol. The number of aliphatic hydroxyl groups excluding tert-OH is 2. The number of hydrogen-bond donors (Lipinski definition) is 5. The molecule has 0 unspecified atom stereocenters. The van der Waals surface area contributed by atoms with E-state index in [-0.39, 0.29) is 18.6 Å². The molecule has 2 aromatic carbocycles. The van der Waals surface area contributed by atoms with Crippen molar-refractivity contribution in [3.8, 4) is 11.1 Å². The number of aliphatic hydroxyl groups is 2. The van der Waals surface area contributed by atoms with Crippen molar-refractivity contribution in [1.29, 1.82) is 0 Å². The number of carbonyl (C=O) groups excluding carboxylic acids is 1. The lowest BCUT2D eigenvalue weighted by Gasteiger charge is -2.62. The molecule has 278 valence electrons. The third-order valence-electron chi connectivity index (χ3n) is 11.8. The molecule has 4 fully saturated rings. The number of fused-ring (bicyclic) bond motifs is 2. The summed E-state index contributed by atoms with van der Waals surface area (Å²) in [5.41, 5.74) is 6.03. The van der Waals surface area contributed by atoms with Gasteiger partial charge in [-0.1, -0.05) is 45.0 Å². The minimum atomic E-state index is -0.825. The monoisotopic (exact) mass is 692 g/mol. The van der Waals surface area contributed by atoms with Crippen LogP contribution < -0.4 is 16.0 Å². The molecule has 10 nitrogen and oxygen atoms in total. The lowest BCUT2D eigenvalue weighted by Crippen LogP contribution is -2.62. The van der Waals surface area contributed by atoms with Gasteiger partial charge in [0.15, 0.2) is 0 Å². The molecule has 8 atom stereocenters. The van der Waals surface area contributed by atoms with Gasteiger partial charge in [-0.15, -0.1) is 0 Å². The molecule has 2 aromatic rings. The Labute approximate surface area is 300 Å². The molecule has 1 saturated heterocycles. The van der Waals surface area contributed by atoms with Gasteiger partial charge in [-0.3, -0.25) is 9.63 Å². The molecule has 2 bridgehead atoms. The molecule has 3 saturated carbocycles. The average Bonchev–Trinajstić information content (AvgIpc) is 3.44. The van der Waals surface area contributed by atoms with E-state index in [0.717, 1.165) is 62.4 Å². The molecular formula is C40H64N6O4. The highest BCUT2D eigenvalue weighted by molar-refractivity contribution is 5.83. The highest BCUT2D eigenvalue weighted by atomic mass is 16.7. The summed E-state index contributed by atoms with van der Waals surface area (Å²) in [7, 11) is 8.34. The summed E-state index contributed by atoms with van der Waals surface area (Å²) in [5.74, 6) is 0.931. The first kappa shape index (κ1) is 38.8. The van der Waals surface area contributed by atoms with E-state index in [1.165, 1.54) is 17.5 Å². The molecule has 0 spiro atoms. The van der Waals surface area contributed by atoms with Gasteiger partial charge in [0.2, 0.25) is 5.91 Å². The van der Waals surface area contributed by atoms with Crippen LogP contribution in [0.4, 0.5) is 0 Å². The first-order valence-electron chi connectivity index (χ1n) is 18.7. The van der Waals surface area contributed by atoms with Crippen LogP contribution in [-0.2, 0) is 29.3 Å². The second kappa shape index (κ2) is 16.9. The smallest absolute Gasteiger partial charge is 0.240 e. The van der Waals surface area contributed by atoms with Crippen LogP contribution in [0.5, 0.6) is 0 Å². The number of hydroxylamine groups is 2. The topological polar surface area (TPSA) is 113 Å². The fraction of sp³-hybridized carbons (Fsp3) is 0.675. The number of rotatable bonds is 17. The summed E-state index contributed by atoms with van der Waals surface area (Å²) in [6.07, 6.45) is 0.730. The van der Waals surface area contributed by atoms with E-state index in [1.807, 2.05) is 0 Å². The molecule has 4 aliphatic rings. The SMILES string of the molecule is C[C@@H]1[C@@H](NC(=O)[C@@H]2[C@@H]([C@H](C)O)[C@H](CO)ON2Cc2cccc(-c3cc(CNCCN(C)C)cc(CNCCN(C)C)c3)c2)C[C@@H]2C[C@H]1C2(C)C. The molecule has 0 radical (unpaired) electrons. The van der Waals surface area contributed by atoms with Crippen LogP contribution in [-0.4, -0.2) is 116 Å². The van der Waals surface area contributed by atoms with Crippen LogP contribution in [0.3, 0.4) is 0 Å². The van der Waals surface area contributed by atoms with Gasteiger partial charge in [0, 0.05) is 51.2 Å². The van der Waals surface area contributed by atoms with E-state index in [9.17, 15) is 15.0 Å².